The second-order valence-corrected chi connectivity index (χ2v) is 5.77. The largest absolute Gasteiger partial charge is 0.383 e. The van der Waals surface area contributed by atoms with Crippen LogP contribution in [0.3, 0.4) is 0 Å². The quantitative estimate of drug-likeness (QED) is 0.811. The van der Waals surface area contributed by atoms with E-state index < -0.39 is 0 Å². The minimum atomic E-state index is -0.187. The van der Waals surface area contributed by atoms with Crippen LogP contribution >= 0.6 is 0 Å². The van der Waals surface area contributed by atoms with Crippen molar-refractivity contribution in [2.45, 2.75) is 63.5 Å². The number of anilines is 1. The highest BCUT2D eigenvalue weighted by molar-refractivity contribution is 5.39. The molecule has 1 aromatic heterocycles. The summed E-state index contributed by atoms with van der Waals surface area (Å²) < 4.78 is 6.14. The molecular formula is C16H27N3O. The van der Waals surface area contributed by atoms with Gasteiger partial charge in [0.05, 0.1) is 5.60 Å². The maximum absolute atomic E-state index is 6.53. The van der Waals surface area contributed by atoms with Crippen LogP contribution in [0, 0.1) is 0 Å². The van der Waals surface area contributed by atoms with Gasteiger partial charge in [0.1, 0.15) is 5.82 Å². The minimum absolute atomic E-state index is 0.0213. The van der Waals surface area contributed by atoms with E-state index in [2.05, 4.69) is 11.9 Å². The van der Waals surface area contributed by atoms with Crippen molar-refractivity contribution in [3.63, 3.8) is 0 Å². The lowest BCUT2D eigenvalue weighted by atomic mass is 9.83. The Hall–Kier alpha value is -1.13. The van der Waals surface area contributed by atoms with Gasteiger partial charge in [0.25, 0.3) is 0 Å². The third-order valence-corrected chi connectivity index (χ3v) is 4.42. The second kappa shape index (κ2) is 7.04. The number of pyridine rings is 1. The highest BCUT2D eigenvalue weighted by atomic mass is 16.5. The van der Waals surface area contributed by atoms with Crippen LogP contribution in [0.5, 0.6) is 0 Å². The first-order valence-corrected chi connectivity index (χ1v) is 7.77. The Labute approximate surface area is 121 Å². The van der Waals surface area contributed by atoms with E-state index in [1.54, 1.807) is 6.20 Å². The predicted molar refractivity (Wildman–Crippen MR) is 82.4 cm³/mol. The third-order valence-electron chi connectivity index (χ3n) is 4.42. The van der Waals surface area contributed by atoms with E-state index in [0.29, 0.717) is 5.82 Å². The normalized spacial score (nSPS) is 20.3. The average Bonchev–Trinajstić information content (AvgIpc) is 2.68. The van der Waals surface area contributed by atoms with Gasteiger partial charge < -0.3 is 16.2 Å². The fourth-order valence-electron chi connectivity index (χ4n) is 3.28. The summed E-state index contributed by atoms with van der Waals surface area (Å²) in [7, 11) is 0. The number of nitrogen functional groups attached to an aromatic ring is 1. The molecule has 0 spiro atoms. The van der Waals surface area contributed by atoms with Gasteiger partial charge in [-0.05, 0) is 37.8 Å². The van der Waals surface area contributed by atoms with Crippen molar-refractivity contribution in [2.75, 3.05) is 12.3 Å². The smallest absolute Gasteiger partial charge is 0.126 e. The van der Waals surface area contributed by atoms with Gasteiger partial charge in [0.15, 0.2) is 0 Å². The molecule has 2 rings (SSSR count). The molecule has 0 aromatic carbocycles. The molecule has 1 aliphatic carbocycles. The number of nitrogens with zero attached hydrogens (tertiary/aromatic N) is 1. The summed E-state index contributed by atoms with van der Waals surface area (Å²) in [6.45, 7) is 2.77. The maximum atomic E-state index is 6.53. The fraction of sp³-hybridized carbons (Fsp3) is 0.688. The van der Waals surface area contributed by atoms with Crippen LogP contribution in [0.15, 0.2) is 18.3 Å². The topological polar surface area (TPSA) is 74.2 Å². The van der Waals surface area contributed by atoms with E-state index >= 15 is 0 Å². The lowest BCUT2D eigenvalue weighted by Crippen LogP contribution is -2.51. The molecule has 0 saturated heterocycles. The Balaban J connectivity index is 2.14. The van der Waals surface area contributed by atoms with Gasteiger partial charge in [-0.15, -0.1) is 0 Å². The van der Waals surface area contributed by atoms with E-state index in [-0.39, 0.29) is 11.6 Å². The molecule has 1 atom stereocenters. The van der Waals surface area contributed by atoms with Gasteiger partial charge in [-0.3, -0.25) is 0 Å². The molecule has 4 N–H and O–H groups in total. The molecule has 0 amide bonds. The van der Waals surface area contributed by atoms with E-state index in [9.17, 15) is 0 Å². The number of rotatable bonds is 5. The molecule has 1 fully saturated rings. The number of hydrogen-bond donors (Lipinski definition) is 2. The predicted octanol–water partition coefficient (Wildman–Crippen LogP) is 2.66. The SMILES string of the molecule is CCOC1(C(N)Cc2cccnc2N)CCCCCC1. The van der Waals surface area contributed by atoms with Crippen molar-refractivity contribution < 1.29 is 4.74 Å². The molecule has 20 heavy (non-hydrogen) atoms. The summed E-state index contributed by atoms with van der Waals surface area (Å²) >= 11 is 0. The molecule has 1 unspecified atom stereocenters. The molecule has 0 radical (unpaired) electrons. The molecule has 0 aliphatic heterocycles. The van der Waals surface area contributed by atoms with E-state index in [0.717, 1.165) is 31.4 Å². The van der Waals surface area contributed by atoms with Crippen molar-refractivity contribution >= 4 is 5.82 Å². The van der Waals surface area contributed by atoms with E-state index in [1.165, 1.54) is 25.7 Å². The summed E-state index contributed by atoms with van der Waals surface area (Å²) in [4.78, 5) is 4.15. The lowest BCUT2D eigenvalue weighted by Gasteiger charge is -2.38. The van der Waals surface area contributed by atoms with Gasteiger partial charge in [0, 0.05) is 18.8 Å². The average molecular weight is 277 g/mol. The number of aromatic nitrogens is 1. The van der Waals surface area contributed by atoms with Crippen molar-refractivity contribution in [2.24, 2.45) is 5.73 Å². The molecule has 112 valence electrons. The molecule has 1 aromatic rings. The van der Waals surface area contributed by atoms with Crippen molar-refractivity contribution in [3.05, 3.63) is 23.9 Å². The Kier molecular flexibility index (Phi) is 5.38. The molecular weight excluding hydrogens is 250 g/mol. The highest BCUT2D eigenvalue weighted by Gasteiger charge is 2.37. The van der Waals surface area contributed by atoms with E-state index in [1.807, 2.05) is 12.1 Å². The van der Waals surface area contributed by atoms with Crippen LogP contribution < -0.4 is 11.5 Å². The molecule has 1 saturated carbocycles. The van der Waals surface area contributed by atoms with Crippen LogP contribution in [-0.4, -0.2) is 23.2 Å². The molecule has 4 nitrogen and oxygen atoms in total. The molecule has 1 heterocycles. The highest BCUT2D eigenvalue weighted by Crippen LogP contribution is 2.34. The Bertz CT molecular complexity index is 414. The first kappa shape index (κ1) is 15.3. The Morgan fingerprint density at radius 3 is 2.60 bits per heavy atom. The summed E-state index contributed by atoms with van der Waals surface area (Å²) in [5.74, 6) is 0.586. The summed E-state index contributed by atoms with van der Waals surface area (Å²) in [6.07, 6.45) is 9.55. The molecule has 0 bridgehead atoms. The van der Waals surface area contributed by atoms with Crippen molar-refractivity contribution in [1.29, 1.82) is 0 Å². The summed E-state index contributed by atoms with van der Waals surface area (Å²) in [5.41, 5.74) is 13.3. The summed E-state index contributed by atoms with van der Waals surface area (Å²) in [5, 5.41) is 0. The minimum Gasteiger partial charge on any atom is -0.383 e. The zero-order chi connectivity index (χ0) is 14.4. The van der Waals surface area contributed by atoms with Crippen LogP contribution in [0.25, 0.3) is 0 Å². The van der Waals surface area contributed by atoms with Crippen LogP contribution in [0.2, 0.25) is 0 Å². The van der Waals surface area contributed by atoms with Crippen LogP contribution in [-0.2, 0) is 11.2 Å². The van der Waals surface area contributed by atoms with Crippen molar-refractivity contribution in [1.82, 2.24) is 4.98 Å². The van der Waals surface area contributed by atoms with Crippen molar-refractivity contribution in [3.8, 4) is 0 Å². The monoisotopic (exact) mass is 277 g/mol. The van der Waals surface area contributed by atoms with Gasteiger partial charge in [-0.25, -0.2) is 4.98 Å². The summed E-state index contributed by atoms with van der Waals surface area (Å²) in [6, 6.07) is 3.91. The Morgan fingerprint density at radius 1 is 1.30 bits per heavy atom. The number of ether oxygens (including phenoxy) is 1. The lowest BCUT2D eigenvalue weighted by molar-refractivity contribution is -0.0683. The number of hydrogen-bond acceptors (Lipinski definition) is 4. The Morgan fingerprint density at radius 2 is 2.00 bits per heavy atom. The van der Waals surface area contributed by atoms with Gasteiger partial charge in [-0.1, -0.05) is 31.7 Å². The van der Waals surface area contributed by atoms with Crippen LogP contribution in [0.1, 0.15) is 51.0 Å². The van der Waals surface area contributed by atoms with Crippen LogP contribution in [0.4, 0.5) is 5.82 Å². The first-order valence-electron chi connectivity index (χ1n) is 7.77. The third kappa shape index (κ3) is 3.49. The van der Waals surface area contributed by atoms with Gasteiger partial charge in [0.2, 0.25) is 0 Å². The second-order valence-electron chi connectivity index (χ2n) is 5.77. The standard InChI is InChI=1S/C16H27N3O/c1-2-20-16(9-5-3-4-6-10-16)14(17)12-13-8-7-11-19-15(13)18/h7-8,11,14H,2-6,9-10,12,17H2,1H3,(H2,18,19). The first-order chi connectivity index (χ1) is 9.68. The fourth-order valence-corrected chi connectivity index (χ4v) is 3.28. The zero-order valence-corrected chi connectivity index (χ0v) is 12.5. The maximum Gasteiger partial charge on any atom is 0.126 e. The zero-order valence-electron chi connectivity index (χ0n) is 12.5. The van der Waals surface area contributed by atoms with E-state index in [4.69, 9.17) is 16.2 Å². The molecule has 1 aliphatic rings. The number of nitrogens with two attached hydrogens (primary N) is 2. The van der Waals surface area contributed by atoms with Gasteiger partial charge in [-0.2, -0.15) is 0 Å². The molecule has 4 heteroatoms. The van der Waals surface area contributed by atoms with Gasteiger partial charge >= 0.3 is 0 Å².